The number of fused-ring (bicyclic) bond motifs is 12. The molecule has 3 aliphatic rings. The van der Waals surface area contributed by atoms with Crippen molar-refractivity contribution in [3.63, 3.8) is 0 Å². The van der Waals surface area contributed by atoms with E-state index in [4.69, 9.17) is 0 Å². The second-order valence-electron chi connectivity index (χ2n) is 14.6. The van der Waals surface area contributed by atoms with E-state index in [1.807, 2.05) is 0 Å². The molecule has 0 amide bonds. The minimum absolute atomic E-state index is 0.0735. The molecule has 1 spiro atoms. The van der Waals surface area contributed by atoms with E-state index in [-0.39, 0.29) is 10.8 Å². The van der Waals surface area contributed by atoms with Crippen molar-refractivity contribution >= 4 is 47.9 Å². The maximum absolute atomic E-state index is 3.37. The van der Waals surface area contributed by atoms with Crippen molar-refractivity contribution in [1.29, 1.82) is 0 Å². The molecule has 0 saturated heterocycles. The molecule has 0 radical (unpaired) electrons. The van der Waals surface area contributed by atoms with E-state index in [0.717, 1.165) is 0 Å². The van der Waals surface area contributed by atoms with Crippen LogP contribution in [0.1, 0.15) is 51.3 Å². The molecule has 3 heterocycles. The van der Waals surface area contributed by atoms with Gasteiger partial charge in [-0.15, -0.1) is 0 Å². The van der Waals surface area contributed by atoms with Gasteiger partial charge >= 0.3 is 271 Å². The molecule has 0 saturated carbocycles. The van der Waals surface area contributed by atoms with Crippen molar-refractivity contribution < 1.29 is 0 Å². The van der Waals surface area contributed by atoms with E-state index in [9.17, 15) is 0 Å². The number of rotatable bonds is 1. The summed E-state index contributed by atoms with van der Waals surface area (Å²) in [4.78, 5) is 2.53. The van der Waals surface area contributed by atoms with Crippen LogP contribution in [0.4, 0.5) is 17.1 Å². The molecule has 3 aliphatic heterocycles. The quantitative estimate of drug-likeness (QED) is 0.163. The predicted molar refractivity (Wildman–Crippen MR) is 194 cm³/mol. The zero-order valence-corrected chi connectivity index (χ0v) is 28.7. The fraction of sp³-hybridized carbons (Fsp3) is 0.163. The van der Waals surface area contributed by atoms with Gasteiger partial charge in [0.15, 0.2) is 0 Å². The van der Waals surface area contributed by atoms with E-state index in [0.29, 0.717) is 0 Å². The van der Waals surface area contributed by atoms with Crippen molar-refractivity contribution in [3.8, 4) is 22.3 Å². The number of hydrogen-bond donors (Lipinski definition) is 0. The minimum atomic E-state index is -3.37. The third-order valence-electron chi connectivity index (χ3n) is 10.8. The fourth-order valence-electron chi connectivity index (χ4n) is 8.68. The second kappa shape index (κ2) is 9.11. The number of benzene rings is 6. The van der Waals surface area contributed by atoms with Crippen LogP contribution in [0.15, 0.2) is 133 Å². The number of hydrogen-bond acceptors (Lipinski definition) is 1. The molecular formula is C43H37GeN. The molecule has 0 aliphatic carbocycles. The van der Waals surface area contributed by atoms with E-state index < -0.39 is 13.3 Å². The summed E-state index contributed by atoms with van der Waals surface area (Å²) in [5.74, 6) is 0. The van der Waals surface area contributed by atoms with E-state index in [1.165, 1.54) is 56.0 Å². The Morgan fingerprint density at radius 2 is 0.956 bits per heavy atom. The molecule has 0 aromatic heterocycles. The maximum atomic E-state index is 2.60. The van der Waals surface area contributed by atoms with Crippen LogP contribution in [0, 0.1) is 0 Å². The molecule has 1 nitrogen and oxygen atoms in total. The van der Waals surface area contributed by atoms with Gasteiger partial charge in [-0.2, -0.15) is 0 Å². The van der Waals surface area contributed by atoms with Gasteiger partial charge in [0.25, 0.3) is 0 Å². The van der Waals surface area contributed by atoms with Crippen LogP contribution in [0.25, 0.3) is 22.3 Å². The summed E-state index contributed by atoms with van der Waals surface area (Å²) < 4.78 is 6.29. The third-order valence-corrected chi connectivity index (χ3v) is 21.2. The number of nitrogens with zero attached hydrogens (tertiary/aromatic N) is 1. The first-order chi connectivity index (χ1) is 21.7. The van der Waals surface area contributed by atoms with Gasteiger partial charge in [-0.1, -0.05) is 0 Å². The van der Waals surface area contributed by atoms with Crippen LogP contribution < -0.4 is 22.5 Å². The summed E-state index contributed by atoms with van der Waals surface area (Å²) in [5, 5.41) is 0. The number of anilines is 3. The van der Waals surface area contributed by atoms with Crippen molar-refractivity contribution in [3.05, 3.63) is 150 Å². The van der Waals surface area contributed by atoms with E-state index >= 15 is 0 Å². The van der Waals surface area contributed by atoms with Gasteiger partial charge in [0, 0.05) is 0 Å². The van der Waals surface area contributed by atoms with Gasteiger partial charge in [0.2, 0.25) is 0 Å². The normalized spacial score (nSPS) is 16.0. The first-order valence-corrected chi connectivity index (χ1v) is 20.4. The molecule has 6 aromatic rings. The Kier molecular flexibility index (Phi) is 5.47. The van der Waals surface area contributed by atoms with Crippen molar-refractivity contribution in [2.24, 2.45) is 0 Å². The van der Waals surface area contributed by atoms with Gasteiger partial charge in [-0.3, -0.25) is 0 Å². The average molecular weight is 640 g/mol. The molecule has 218 valence electrons. The SMILES string of the molecule is CC(C)(C)c1ccc2[c](c1)[Ge]1([c]3ccccc3-c3cccc[c]31)[c]1cc(N3c4ccccc4C(C)(C)c4ccccc43)ccc1-2. The molecule has 9 rings (SSSR count). The van der Waals surface area contributed by atoms with Gasteiger partial charge in [0.05, 0.1) is 0 Å². The Labute approximate surface area is 269 Å². The Morgan fingerprint density at radius 1 is 0.489 bits per heavy atom. The first-order valence-electron chi connectivity index (χ1n) is 16.2. The Balaban J connectivity index is 1.38. The van der Waals surface area contributed by atoms with Crippen LogP contribution in [0.5, 0.6) is 0 Å². The van der Waals surface area contributed by atoms with Crippen LogP contribution >= 0.6 is 0 Å². The second-order valence-corrected chi connectivity index (χ2v) is 22.2. The molecule has 0 atom stereocenters. The summed E-state index contributed by atoms with van der Waals surface area (Å²) in [6.45, 7) is 11.8. The molecule has 0 fully saturated rings. The topological polar surface area (TPSA) is 3.24 Å². The van der Waals surface area contributed by atoms with E-state index in [2.05, 4.69) is 173 Å². The summed E-state index contributed by atoms with van der Waals surface area (Å²) >= 11 is -3.37. The van der Waals surface area contributed by atoms with Crippen LogP contribution in [-0.4, -0.2) is 13.3 Å². The van der Waals surface area contributed by atoms with E-state index in [1.54, 1.807) is 17.6 Å². The molecule has 6 aromatic carbocycles. The Hall–Kier alpha value is -4.34. The molecular weight excluding hydrogens is 603 g/mol. The predicted octanol–water partition coefficient (Wildman–Crippen LogP) is 8.43. The average Bonchev–Trinajstić information content (AvgIpc) is 3.51. The van der Waals surface area contributed by atoms with Crippen LogP contribution in [0.3, 0.4) is 0 Å². The third kappa shape index (κ3) is 3.45. The number of para-hydroxylation sites is 2. The van der Waals surface area contributed by atoms with Gasteiger partial charge in [-0.25, -0.2) is 0 Å². The molecule has 45 heavy (non-hydrogen) atoms. The Morgan fingerprint density at radius 3 is 1.53 bits per heavy atom. The zero-order valence-electron chi connectivity index (χ0n) is 26.6. The molecule has 0 unspecified atom stereocenters. The first kappa shape index (κ1) is 27.0. The fourth-order valence-corrected chi connectivity index (χ4v) is 20.6. The Bertz CT molecular complexity index is 2100. The van der Waals surface area contributed by atoms with Crippen molar-refractivity contribution in [1.82, 2.24) is 0 Å². The molecule has 2 heteroatoms. The molecule has 0 bridgehead atoms. The van der Waals surface area contributed by atoms with Crippen molar-refractivity contribution in [2.75, 3.05) is 4.90 Å². The van der Waals surface area contributed by atoms with Gasteiger partial charge in [0.1, 0.15) is 0 Å². The summed E-state index contributed by atoms with van der Waals surface area (Å²) in [6, 6.07) is 51.5. The van der Waals surface area contributed by atoms with Gasteiger partial charge in [-0.05, 0) is 0 Å². The standard InChI is InChI=1S/C43H37GeN/c1-42(2,3)28-22-24-32-33-25-23-29(45-40-20-12-8-16-34(40)43(4,5)35-17-9-13-21-41(35)45)27-39(33)44(38(32)26-28)36-18-10-6-14-30(36)31-15-7-11-19-37(31)44/h6-27H,1-5H3. The summed E-state index contributed by atoms with van der Waals surface area (Å²) in [6.07, 6.45) is 0. The van der Waals surface area contributed by atoms with Crippen LogP contribution in [-0.2, 0) is 10.8 Å². The summed E-state index contributed by atoms with van der Waals surface area (Å²) in [5.41, 5.74) is 13.7. The van der Waals surface area contributed by atoms with Gasteiger partial charge < -0.3 is 0 Å². The monoisotopic (exact) mass is 641 g/mol. The van der Waals surface area contributed by atoms with Crippen LogP contribution in [0.2, 0.25) is 0 Å². The van der Waals surface area contributed by atoms with Crippen molar-refractivity contribution in [2.45, 2.75) is 45.4 Å². The molecule has 0 N–H and O–H groups in total. The zero-order chi connectivity index (χ0) is 30.7. The summed E-state index contributed by atoms with van der Waals surface area (Å²) in [7, 11) is 0.